The minimum absolute atomic E-state index is 0.0309. The van der Waals surface area contributed by atoms with Crippen molar-refractivity contribution in [3.05, 3.63) is 70.7 Å². The highest BCUT2D eigenvalue weighted by Gasteiger charge is 2.43. The van der Waals surface area contributed by atoms with E-state index in [4.69, 9.17) is 0 Å². The van der Waals surface area contributed by atoms with Crippen molar-refractivity contribution < 1.29 is 43.2 Å². The van der Waals surface area contributed by atoms with Crippen molar-refractivity contribution in [1.82, 2.24) is 56.6 Å². The smallest absolute Gasteiger partial charge is 0.280 e. The number of amides is 9. The second-order valence-electron chi connectivity index (χ2n) is 22.6. The average molecular weight is 1210 g/mol. The van der Waals surface area contributed by atoms with Gasteiger partial charge in [0.15, 0.2) is 10.0 Å². The molecule has 2 aromatic heterocycles. The van der Waals surface area contributed by atoms with Crippen molar-refractivity contribution in [3.63, 3.8) is 0 Å². The topological polar surface area (TPSA) is 285 Å². The third-order valence-corrected chi connectivity index (χ3v) is 18.8. The Morgan fingerprint density at radius 2 is 0.953 bits per heavy atom. The van der Waals surface area contributed by atoms with Gasteiger partial charge in [-0.3, -0.25) is 43.2 Å². The minimum Gasteiger partial charge on any atom is -0.350 e. The average Bonchev–Trinajstić information content (AvgIpc) is 4.56. The molecule has 8 N–H and O–H groups in total. The lowest BCUT2D eigenvalue weighted by molar-refractivity contribution is -0.142. The summed E-state index contributed by atoms with van der Waals surface area (Å²) in [5, 5.41) is 24.7. The summed E-state index contributed by atoms with van der Waals surface area (Å²) in [7, 11) is 3.38. The fraction of sp³-hybridized carbons (Fsp3) is 0.557. The zero-order valence-electron chi connectivity index (χ0n) is 49.3. The fourth-order valence-corrected chi connectivity index (χ4v) is 13.6. The molecule has 2 aliphatic heterocycles. The van der Waals surface area contributed by atoms with Gasteiger partial charge in [-0.05, 0) is 104 Å². The highest BCUT2D eigenvalue weighted by atomic mass is 32.1. The molecule has 0 spiro atoms. The molecule has 4 aromatic rings. The van der Waals surface area contributed by atoms with Gasteiger partial charge in [0.1, 0.15) is 45.6 Å². The first-order valence-corrected chi connectivity index (χ1v) is 31.9. The molecule has 458 valence electrons. The van der Waals surface area contributed by atoms with Crippen LogP contribution in [0.25, 0.3) is 22.5 Å². The van der Waals surface area contributed by atoms with E-state index in [1.165, 1.54) is 0 Å². The third-order valence-electron chi connectivity index (χ3n) is 16.9. The molecule has 85 heavy (non-hydrogen) atoms. The Morgan fingerprint density at radius 1 is 0.565 bits per heavy atom. The van der Waals surface area contributed by atoms with Crippen molar-refractivity contribution in [1.29, 1.82) is 0 Å². The summed E-state index contributed by atoms with van der Waals surface area (Å²) in [5.41, 5.74) is 2.19. The second kappa shape index (κ2) is 31.3. The van der Waals surface area contributed by atoms with Crippen molar-refractivity contribution in [3.8, 4) is 22.5 Å². The number of likely N-dealkylation sites (tertiary alicyclic amines) is 2. The summed E-state index contributed by atoms with van der Waals surface area (Å²) in [6.45, 7) is 5.29. The Labute approximate surface area is 505 Å². The van der Waals surface area contributed by atoms with E-state index in [1.54, 1.807) is 42.6 Å². The molecule has 0 bridgehead atoms. The zero-order chi connectivity index (χ0) is 60.4. The molecule has 9 amide bonds. The number of nitrogens with zero attached hydrogens (tertiary/aromatic N) is 5. The van der Waals surface area contributed by atoms with Crippen LogP contribution in [0.1, 0.15) is 136 Å². The summed E-state index contributed by atoms with van der Waals surface area (Å²) in [5.74, 6) is -2.83. The number of hydrogen-bond donors (Lipinski definition) is 8. The van der Waals surface area contributed by atoms with Crippen molar-refractivity contribution in [2.24, 2.45) is 11.8 Å². The van der Waals surface area contributed by atoms with Gasteiger partial charge < -0.3 is 57.2 Å². The molecular formula is C61H83N13O9S2. The lowest BCUT2D eigenvalue weighted by Crippen LogP contribution is -2.57. The van der Waals surface area contributed by atoms with Crippen LogP contribution in [0.4, 0.5) is 10.0 Å². The van der Waals surface area contributed by atoms with Crippen LogP contribution < -0.4 is 42.5 Å². The van der Waals surface area contributed by atoms with E-state index in [9.17, 15) is 43.2 Å². The summed E-state index contributed by atoms with van der Waals surface area (Å²) < 4.78 is 0. The molecule has 8 rings (SSSR count). The Bertz CT molecular complexity index is 2760. The van der Waals surface area contributed by atoms with Gasteiger partial charge in [-0.15, -0.1) is 0 Å². The van der Waals surface area contributed by atoms with Crippen molar-refractivity contribution >= 4 is 86.3 Å². The van der Waals surface area contributed by atoms with Gasteiger partial charge in [0.2, 0.25) is 41.9 Å². The predicted octanol–water partition coefficient (Wildman–Crippen LogP) is 5.54. The molecule has 2 saturated heterocycles. The van der Waals surface area contributed by atoms with Crippen LogP contribution in [0, 0.1) is 11.8 Å². The molecule has 2 aliphatic carbocycles. The number of thiazole rings is 2. The van der Waals surface area contributed by atoms with Gasteiger partial charge in [-0.2, -0.15) is 0 Å². The second-order valence-corrected chi connectivity index (χ2v) is 24.6. The fourth-order valence-electron chi connectivity index (χ4n) is 11.8. The number of benzene rings is 2. The van der Waals surface area contributed by atoms with E-state index >= 15 is 0 Å². The maximum atomic E-state index is 14.3. The van der Waals surface area contributed by atoms with Gasteiger partial charge in [0.25, 0.3) is 11.8 Å². The van der Waals surface area contributed by atoms with E-state index in [1.807, 2.05) is 60.7 Å². The largest absolute Gasteiger partial charge is 0.350 e. The Balaban J connectivity index is 0.831. The van der Waals surface area contributed by atoms with Crippen LogP contribution in [0.15, 0.2) is 60.7 Å². The molecule has 2 saturated carbocycles. The van der Waals surface area contributed by atoms with E-state index in [0.29, 0.717) is 97.2 Å². The Morgan fingerprint density at radius 3 is 1.32 bits per heavy atom. The van der Waals surface area contributed by atoms with Gasteiger partial charge in [0.05, 0.1) is 12.1 Å². The Hall–Kier alpha value is -7.15. The van der Waals surface area contributed by atoms with Gasteiger partial charge >= 0.3 is 0 Å². The zero-order valence-corrected chi connectivity index (χ0v) is 50.9. The molecule has 4 fully saturated rings. The van der Waals surface area contributed by atoms with Crippen LogP contribution in [0.5, 0.6) is 0 Å². The standard InChI is InChI=1S/C61H83N13O9S2/c1-38(62-3)50(76)66-48(42-25-13-7-14-26-42)60(82)73-35-17-29-44(73)52(78)70-56-46(40-21-9-5-10-22-40)68-58(84-56)54(80)64-31-19-33-72(37-75)34-20-32-65-55(81)59-69-47(41-23-11-6-12-24-41)57(85-59)71-53(79)45-30-18-36-74(45)61(83)49(43-27-15-8-16-28-43)67-51(77)39(2)63-4/h5-6,9-12,21-24,37-39,42-45,48-49,62-63H,7-8,13-20,25-36H2,1-4H3,(H,64,80)(H,65,81)(H,66,76)(H,67,77)(H,70,78)(H,71,79)/t38-,39-,44?,45?,48-,49-/m0/s1. The Kier molecular flexibility index (Phi) is 23.5. The van der Waals surface area contributed by atoms with Gasteiger partial charge in [0, 0.05) is 50.4 Å². The molecule has 6 atom stereocenters. The van der Waals surface area contributed by atoms with Crippen LogP contribution in [0.3, 0.4) is 0 Å². The first-order valence-electron chi connectivity index (χ1n) is 30.3. The molecular weight excluding hydrogens is 1120 g/mol. The van der Waals surface area contributed by atoms with E-state index < -0.39 is 59.9 Å². The van der Waals surface area contributed by atoms with Gasteiger partial charge in [-0.1, -0.05) is 122 Å². The number of carbonyl (C=O) groups is 9. The third kappa shape index (κ3) is 16.6. The quantitative estimate of drug-likeness (QED) is 0.0269. The highest BCUT2D eigenvalue weighted by molar-refractivity contribution is 7.18. The number of likely N-dealkylation sites (N-methyl/N-ethyl adjacent to an activating group) is 2. The van der Waals surface area contributed by atoms with Crippen molar-refractivity contribution in [2.45, 2.75) is 153 Å². The number of rotatable bonds is 27. The maximum absolute atomic E-state index is 14.3. The number of anilines is 2. The normalized spacial score (nSPS) is 18.8. The minimum atomic E-state index is -0.783. The van der Waals surface area contributed by atoms with E-state index in [0.717, 1.165) is 93.3 Å². The summed E-state index contributed by atoms with van der Waals surface area (Å²) in [6.07, 6.45) is 13.0. The monoisotopic (exact) mass is 1210 g/mol. The number of hydrogen-bond acceptors (Lipinski definition) is 15. The van der Waals surface area contributed by atoms with Crippen molar-refractivity contribution in [2.75, 3.05) is 64.0 Å². The number of carbonyl (C=O) groups excluding carboxylic acids is 9. The highest BCUT2D eigenvalue weighted by Crippen LogP contribution is 2.37. The van der Waals surface area contributed by atoms with Crippen LogP contribution >= 0.6 is 22.7 Å². The van der Waals surface area contributed by atoms with Gasteiger partial charge in [-0.25, -0.2) is 9.97 Å². The van der Waals surface area contributed by atoms with E-state index in [-0.39, 0.29) is 58.6 Å². The molecule has 4 heterocycles. The lowest BCUT2D eigenvalue weighted by Gasteiger charge is -2.35. The lowest BCUT2D eigenvalue weighted by atomic mass is 9.83. The van der Waals surface area contributed by atoms with E-state index in [2.05, 4.69) is 52.5 Å². The molecule has 24 heteroatoms. The number of aromatic nitrogens is 2. The summed E-state index contributed by atoms with van der Waals surface area (Å²) in [4.78, 5) is 137. The first kappa shape index (κ1) is 63.9. The molecule has 0 radical (unpaired) electrons. The molecule has 2 unspecified atom stereocenters. The molecule has 2 aromatic carbocycles. The summed E-state index contributed by atoms with van der Waals surface area (Å²) >= 11 is 2.06. The SMILES string of the molecule is CN[C@@H](C)C(=O)N[C@H](C(=O)N1CCCC1C(=O)Nc1sc(C(=O)NCCCN(C=O)CCCNC(=O)c2nc(-c3ccccc3)c(NC(=O)C3CCCN3C(=O)[C@@H](NC(=O)[C@H](C)NC)C3CCCCC3)s2)nc1-c1ccccc1)C1CCCCC1. The van der Waals surface area contributed by atoms with Crippen LogP contribution in [-0.2, 0) is 33.6 Å². The number of nitrogens with one attached hydrogen (secondary N) is 8. The first-order chi connectivity index (χ1) is 41.2. The molecule has 22 nitrogen and oxygen atoms in total. The van der Waals surface area contributed by atoms with Crippen LogP contribution in [0.2, 0.25) is 0 Å². The molecule has 4 aliphatic rings. The predicted molar refractivity (Wildman–Crippen MR) is 327 cm³/mol. The summed E-state index contributed by atoms with van der Waals surface area (Å²) in [6, 6.07) is 14.3. The van der Waals surface area contributed by atoms with Crippen LogP contribution in [-0.4, -0.2) is 168 Å². The maximum Gasteiger partial charge on any atom is 0.280 e.